The van der Waals surface area contributed by atoms with Gasteiger partial charge in [0, 0.05) is 18.8 Å². The zero-order chi connectivity index (χ0) is 12.8. The van der Waals surface area contributed by atoms with Gasteiger partial charge >= 0.3 is 5.97 Å². The van der Waals surface area contributed by atoms with Crippen molar-refractivity contribution in [3.05, 3.63) is 54.5 Å². The second kappa shape index (κ2) is 5.72. The van der Waals surface area contributed by atoms with E-state index in [1.807, 2.05) is 19.2 Å². The molecule has 1 heterocycles. The van der Waals surface area contributed by atoms with Crippen LogP contribution >= 0.6 is 0 Å². The Morgan fingerprint density at radius 1 is 1.28 bits per heavy atom. The molecule has 0 atom stereocenters. The molecule has 0 radical (unpaired) electrons. The van der Waals surface area contributed by atoms with Gasteiger partial charge in [0.2, 0.25) is 0 Å². The van der Waals surface area contributed by atoms with Crippen LogP contribution in [0.15, 0.2) is 53.2 Å². The van der Waals surface area contributed by atoms with E-state index in [1.165, 1.54) is 6.08 Å². The first-order chi connectivity index (χ1) is 8.78. The molecule has 1 N–H and O–H groups in total. The average molecular weight is 243 g/mol. The topological polar surface area (TPSA) is 51.5 Å². The van der Waals surface area contributed by atoms with Crippen LogP contribution < -0.4 is 10.1 Å². The summed E-state index contributed by atoms with van der Waals surface area (Å²) in [7, 11) is 1.83. The monoisotopic (exact) mass is 243 g/mol. The third-order valence-corrected chi connectivity index (χ3v) is 2.29. The molecular formula is C14H13NO3. The molecule has 92 valence electrons. The van der Waals surface area contributed by atoms with Gasteiger partial charge in [-0.05, 0) is 42.5 Å². The van der Waals surface area contributed by atoms with Crippen LogP contribution in [-0.4, -0.2) is 13.0 Å². The van der Waals surface area contributed by atoms with E-state index in [2.05, 4.69) is 5.32 Å². The smallest absolute Gasteiger partial charge is 0.336 e. The molecule has 0 unspecified atom stereocenters. The summed E-state index contributed by atoms with van der Waals surface area (Å²) in [6, 6.07) is 10.6. The highest BCUT2D eigenvalue weighted by Gasteiger charge is 2.00. The molecule has 0 aliphatic rings. The number of rotatable bonds is 4. The van der Waals surface area contributed by atoms with Crippen molar-refractivity contribution in [1.29, 1.82) is 0 Å². The van der Waals surface area contributed by atoms with Crippen molar-refractivity contribution in [1.82, 2.24) is 0 Å². The molecule has 2 aromatic rings. The van der Waals surface area contributed by atoms with E-state index in [9.17, 15) is 4.79 Å². The standard InChI is InChI=1S/C14H13NO3/c1-15-11-4-6-13(7-5-11)18-14(16)9-8-12-3-2-10-17-12/h2-10,15H,1H3/b9-8+. The van der Waals surface area contributed by atoms with Crippen molar-refractivity contribution in [2.45, 2.75) is 0 Å². The molecule has 4 heteroatoms. The first kappa shape index (κ1) is 12.0. The molecule has 0 saturated carbocycles. The number of hydrogen-bond donors (Lipinski definition) is 1. The van der Waals surface area contributed by atoms with E-state index in [0.29, 0.717) is 11.5 Å². The lowest BCUT2D eigenvalue weighted by Crippen LogP contribution is -2.03. The lowest BCUT2D eigenvalue weighted by molar-refractivity contribution is -0.128. The predicted octanol–water partition coefficient (Wildman–Crippen LogP) is 2.94. The van der Waals surface area contributed by atoms with Gasteiger partial charge in [-0.2, -0.15) is 0 Å². The molecule has 0 aliphatic carbocycles. The summed E-state index contributed by atoms with van der Waals surface area (Å²) in [4.78, 5) is 11.5. The number of nitrogens with one attached hydrogen (secondary N) is 1. The largest absolute Gasteiger partial charge is 0.465 e. The highest BCUT2D eigenvalue weighted by atomic mass is 16.5. The molecule has 1 aromatic carbocycles. The molecule has 2 rings (SSSR count). The zero-order valence-corrected chi connectivity index (χ0v) is 9.92. The van der Waals surface area contributed by atoms with Crippen molar-refractivity contribution >= 4 is 17.7 Å². The van der Waals surface area contributed by atoms with Crippen LogP contribution in [0.25, 0.3) is 6.08 Å². The van der Waals surface area contributed by atoms with Crippen molar-refractivity contribution in [3.8, 4) is 5.75 Å². The minimum Gasteiger partial charge on any atom is -0.465 e. The van der Waals surface area contributed by atoms with E-state index < -0.39 is 5.97 Å². The van der Waals surface area contributed by atoms with Gasteiger partial charge in [0.15, 0.2) is 0 Å². The fourth-order valence-corrected chi connectivity index (χ4v) is 1.38. The average Bonchev–Trinajstić information content (AvgIpc) is 2.90. The fraction of sp³-hybridized carbons (Fsp3) is 0.0714. The quantitative estimate of drug-likeness (QED) is 0.509. The Labute approximate surface area is 105 Å². The summed E-state index contributed by atoms with van der Waals surface area (Å²) in [6.45, 7) is 0. The van der Waals surface area contributed by atoms with E-state index >= 15 is 0 Å². The van der Waals surface area contributed by atoms with Gasteiger partial charge < -0.3 is 14.5 Å². The number of carbonyl (C=O) groups excluding carboxylic acids is 1. The first-order valence-electron chi connectivity index (χ1n) is 5.49. The Kier molecular flexibility index (Phi) is 3.81. The molecule has 0 aliphatic heterocycles. The number of benzene rings is 1. The summed E-state index contributed by atoms with van der Waals surface area (Å²) < 4.78 is 10.2. The van der Waals surface area contributed by atoms with Gasteiger partial charge in [0.25, 0.3) is 0 Å². The molecule has 0 spiro atoms. The van der Waals surface area contributed by atoms with E-state index in [1.54, 1.807) is 36.6 Å². The van der Waals surface area contributed by atoms with Crippen LogP contribution in [0.4, 0.5) is 5.69 Å². The Morgan fingerprint density at radius 2 is 2.06 bits per heavy atom. The Morgan fingerprint density at radius 3 is 2.67 bits per heavy atom. The lowest BCUT2D eigenvalue weighted by atomic mass is 10.3. The summed E-state index contributed by atoms with van der Waals surface area (Å²) in [5.74, 6) is 0.671. The maximum atomic E-state index is 11.5. The Balaban J connectivity index is 1.94. The number of esters is 1. The summed E-state index contributed by atoms with van der Waals surface area (Å²) in [5.41, 5.74) is 0.959. The van der Waals surface area contributed by atoms with Crippen molar-refractivity contribution < 1.29 is 13.9 Å². The van der Waals surface area contributed by atoms with Gasteiger partial charge in [0.05, 0.1) is 6.26 Å². The van der Waals surface area contributed by atoms with Crippen LogP contribution in [0, 0.1) is 0 Å². The number of hydrogen-bond acceptors (Lipinski definition) is 4. The van der Waals surface area contributed by atoms with Crippen LogP contribution in [0.5, 0.6) is 5.75 Å². The summed E-state index contributed by atoms with van der Waals surface area (Å²) in [5, 5.41) is 2.98. The molecule has 0 saturated heterocycles. The number of anilines is 1. The molecular weight excluding hydrogens is 230 g/mol. The van der Waals surface area contributed by atoms with Crippen LogP contribution in [0.1, 0.15) is 5.76 Å². The molecule has 18 heavy (non-hydrogen) atoms. The second-order valence-electron chi connectivity index (χ2n) is 3.54. The van der Waals surface area contributed by atoms with Gasteiger partial charge in [-0.3, -0.25) is 0 Å². The first-order valence-corrected chi connectivity index (χ1v) is 5.49. The van der Waals surface area contributed by atoms with Gasteiger partial charge in [-0.15, -0.1) is 0 Å². The maximum absolute atomic E-state index is 11.5. The number of carbonyl (C=O) groups is 1. The molecule has 1 aromatic heterocycles. The number of ether oxygens (including phenoxy) is 1. The summed E-state index contributed by atoms with van der Waals surface area (Å²) >= 11 is 0. The molecule has 4 nitrogen and oxygen atoms in total. The molecule has 0 amide bonds. The fourth-order valence-electron chi connectivity index (χ4n) is 1.38. The van der Waals surface area contributed by atoms with Gasteiger partial charge in [-0.1, -0.05) is 0 Å². The normalized spacial score (nSPS) is 10.5. The Hall–Kier alpha value is -2.49. The second-order valence-corrected chi connectivity index (χ2v) is 3.54. The summed E-state index contributed by atoms with van der Waals surface area (Å²) in [6.07, 6.45) is 4.43. The van der Waals surface area contributed by atoms with Crippen LogP contribution in [0.2, 0.25) is 0 Å². The van der Waals surface area contributed by atoms with Gasteiger partial charge in [0.1, 0.15) is 11.5 Å². The SMILES string of the molecule is CNc1ccc(OC(=O)/C=C/c2ccco2)cc1. The Bertz CT molecular complexity index is 527. The minimum atomic E-state index is -0.441. The molecule has 0 bridgehead atoms. The lowest BCUT2D eigenvalue weighted by Gasteiger charge is -2.02. The predicted molar refractivity (Wildman–Crippen MR) is 69.4 cm³/mol. The van der Waals surface area contributed by atoms with E-state index in [4.69, 9.17) is 9.15 Å². The van der Waals surface area contributed by atoms with Crippen LogP contribution in [0.3, 0.4) is 0 Å². The highest BCUT2D eigenvalue weighted by molar-refractivity contribution is 5.88. The third kappa shape index (κ3) is 3.25. The van der Waals surface area contributed by atoms with Crippen molar-refractivity contribution in [2.75, 3.05) is 12.4 Å². The van der Waals surface area contributed by atoms with Crippen molar-refractivity contribution in [3.63, 3.8) is 0 Å². The van der Waals surface area contributed by atoms with E-state index in [0.717, 1.165) is 5.69 Å². The maximum Gasteiger partial charge on any atom is 0.336 e. The van der Waals surface area contributed by atoms with Crippen LogP contribution in [-0.2, 0) is 4.79 Å². The van der Waals surface area contributed by atoms with Gasteiger partial charge in [-0.25, -0.2) is 4.79 Å². The molecule has 0 fully saturated rings. The van der Waals surface area contributed by atoms with E-state index in [-0.39, 0.29) is 0 Å². The number of furan rings is 1. The highest BCUT2D eigenvalue weighted by Crippen LogP contribution is 2.15. The zero-order valence-electron chi connectivity index (χ0n) is 9.92. The third-order valence-electron chi connectivity index (χ3n) is 2.29. The van der Waals surface area contributed by atoms with Crippen molar-refractivity contribution in [2.24, 2.45) is 0 Å². The minimum absolute atomic E-state index is 0.441.